The van der Waals surface area contributed by atoms with Crippen molar-refractivity contribution in [3.63, 3.8) is 0 Å². The summed E-state index contributed by atoms with van der Waals surface area (Å²) in [5.41, 5.74) is 4.98. The Hall–Kier alpha value is -0.820. The van der Waals surface area contributed by atoms with Crippen LogP contribution in [-0.4, -0.2) is 49.8 Å². The van der Waals surface area contributed by atoms with Gasteiger partial charge in [0.1, 0.15) is 11.8 Å². The van der Waals surface area contributed by atoms with Crippen LogP contribution < -0.4 is 5.73 Å². The van der Waals surface area contributed by atoms with E-state index in [1.807, 2.05) is 0 Å². The first kappa shape index (κ1) is 14.2. The van der Waals surface area contributed by atoms with Gasteiger partial charge >= 0.3 is 6.18 Å². The fourth-order valence-electron chi connectivity index (χ4n) is 1.90. The average Bonchev–Trinajstić information content (AvgIpc) is 2.64. The minimum absolute atomic E-state index is 0.000779. The quantitative estimate of drug-likeness (QED) is 0.572. The first-order chi connectivity index (χ1) is 7.80. The summed E-state index contributed by atoms with van der Waals surface area (Å²) >= 11 is 0. The topological polar surface area (TPSA) is 62.3 Å². The smallest absolute Gasteiger partial charge is 0.387 e. The lowest BCUT2D eigenvalue weighted by atomic mass is 10.1. The van der Waals surface area contributed by atoms with Crippen LogP contribution in [0.5, 0.6) is 0 Å². The minimum Gasteiger partial charge on any atom is -0.387 e. The van der Waals surface area contributed by atoms with Crippen molar-refractivity contribution in [3.8, 4) is 0 Å². The number of rotatable bonds is 5. The first-order valence-corrected chi connectivity index (χ1v) is 5.51. The maximum atomic E-state index is 12.6. The summed E-state index contributed by atoms with van der Waals surface area (Å²) in [6.07, 6.45) is -2.63. The van der Waals surface area contributed by atoms with Crippen LogP contribution in [0, 0.1) is 11.3 Å². The summed E-state index contributed by atoms with van der Waals surface area (Å²) < 4.78 is 43.0. The van der Waals surface area contributed by atoms with Crippen molar-refractivity contribution in [1.82, 2.24) is 4.90 Å². The Balaban J connectivity index is 2.46. The van der Waals surface area contributed by atoms with E-state index in [1.165, 1.54) is 4.90 Å². The summed E-state index contributed by atoms with van der Waals surface area (Å²) in [5, 5.41) is 6.98. The molecule has 1 rings (SSSR count). The Morgan fingerprint density at radius 1 is 1.59 bits per heavy atom. The molecule has 0 aliphatic carbocycles. The molecule has 0 amide bonds. The average molecular weight is 253 g/mol. The van der Waals surface area contributed by atoms with Crippen molar-refractivity contribution in [2.45, 2.75) is 25.1 Å². The number of nitrogens with two attached hydrogens (primary N) is 1. The molecule has 7 heteroatoms. The van der Waals surface area contributed by atoms with Gasteiger partial charge < -0.3 is 15.4 Å². The van der Waals surface area contributed by atoms with Gasteiger partial charge in [0.15, 0.2) is 0 Å². The third kappa shape index (κ3) is 4.51. The summed E-state index contributed by atoms with van der Waals surface area (Å²) in [6, 6.07) is 0. The number of nitrogens with zero attached hydrogens (tertiary/aromatic N) is 1. The van der Waals surface area contributed by atoms with E-state index < -0.39 is 17.9 Å². The van der Waals surface area contributed by atoms with E-state index >= 15 is 0 Å². The van der Waals surface area contributed by atoms with Gasteiger partial charge in [-0.3, -0.25) is 5.41 Å². The summed E-state index contributed by atoms with van der Waals surface area (Å²) in [7, 11) is 1.59. The van der Waals surface area contributed by atoms with E-state index in [0.717, 1.165) is 12.8 Å². The van der Waals surface area contributed by atoms with Gasteiger partial charge in [0.25, 0.3) is 0 Å². The molecule has 1 aliphatic rings. The van der Waals surface area contributed by atoms with E-state index in [4.69, 9.17) is 15.9 Å². The second-order valence-corrected chi connectivity index (χ2v) is 4.41. The molecule has 0 aromatic heterocycles. The molecule has 4 nitrogen and oxygen atoms in total. The molecule has 0 bridgehead atoms. The molecule has 0 saturated carbocycles. The fraction of sp³-hybridized carbons (Fsp3) is 0.900. The number of ether oxygens (including phenoxy) is 1. The molecule has 1 saturated heterocycles. The predicted octanol–water partition coefficient (Wildman–Crippen LogP) is 1.21. The van der Waals surface area contributed by atoms with Crippen molar-refractivity contribution in [2.75, 3.05) is 26.7 Å². The number of amidine groups is 1. The number of nitrogens with one attached hydrogen (secondary N) is 1. The van der Waals surface area contributed by atoms with Crippen molar-refractivity contribution in [2.24, 2.45) is 11.7 Å². The molecule has 0 aromatic carbocycles. The van der Waals surface area contributed by atoms with Crippen molar-refractivity contribution >= 4 is 5.84 Å². The highest BCUT2D eigenvalue weighted by atomic mass is 19.4. The standard InChI is InChI=1S/C10H18F3N3O/c1-16(5-7-3-2-4-17-7)6-8(9(14)15)10(11,12)13/h7-8H,2-6H2,1H3,(H3,14,15). The Kier molecular flexibility index (Phi) is 4.76. The number of hydrogen-bond donors (Lipinski definition) is 2. The highest BCUT2D eigenvalue weighted by Gasteiger charge is 2.42. The van der Waals surface area contributed by atoms with Gasteiger partial charge in [-0.05, 0) is 19.9 Å². The number of hydrogen-bond acceptors (Lipinski definition) is 3. The van der Waals surface area contributed by atoms with Crippen LogP contribution in [0.1, 0.15) is 12.8 Å². The minimum atomic E-state index is -4.46. The zero-order chi connectivity index (χ0) is 13.1. The first-order valence-electron chi connectivity index (χ1n) is 5.51. The van der Waals surface area contributed by atoms with E-state index in [-0.39, 0.29) is 12.6 Å². The Morgan fingerprint density at radius 2 is 2.24 bits per heavy atom. The molecule has 17 heavy (non-hydrogen) atoms. The van der Waals surface area contributed by atoms with Gasteiger partial charge in [-0.15, -0.1) is 0 Å². The SMILES string of the molecule is CN(CC1CCCO1)CC(C(=N)N)C(F)(F)F. The predicted molar refractivity (Wildman–Crippen MR) is 57.9 cm³/mol. The highest BCUT2D eigenvalue weighted by molar-refractivity contribution is 5.80. The summed E-state index contributed by atoms with van der Waals surface area (Å²) in [5.74, 6) is -2.73. The molecular formula is C10H18F3N3O. The number of alkyl halides is 3. The van der Waals surface area contributed by atoms with Crippen LogP contribution in [0.15, 0.2) is 0 Å². The van der Waals surface area contributed by atoms with Crippen molar-refractivity contribution in [3.05, 3.63) is 0 Å². The van der Waals surface area contributed by atoms with E-state index in [2.05, 4.69) is 0 Å². The van der Waals surface area contributed by atoms with E-state index in [1.54, 1.807) is 7.05 Å². The van der Waals surface area contributed by atoms with Crippen LogP contribution in [0.4, 0.5) is 13.2 Å². The third-order valence-electron chi connectivity index (χ3n) is 2.80. The Morgan fingerprint density at radius 3 is 2.65 bits per heavy atom. The largest absolute Gasteiger partial charge is 0.399 e. The molecule has 2 atom stereocenters. The zero-order valence-electron chi connectivity index (χ0n) is 9.76. The van der Waals surface area contributed by atoms with Crippen LogP contribution in [0.2, 0.25) is 0 Å². The Labute approximate surface area is 98.4 Å². The molecule has 1 fully saturated rings. The normalized spacial score (nSPS) is 23.0. The second-order valence-electron chi connectivity index (χ2n) is 4.41. The second kappa shape index (κ2) is 5.68. The molecule has 2 unspecified atom stereocenters. The molecule has 0 aromatic rings. The van der Waals surface area contributed by atoms with Gasteiger partial charge in [-0.2, -0.15) is 13.2 Å². The Bertz CT molecular complexity index is 264. The van der Waals surface area contributed by atoms with Gasteiger partial charge in [0, 0.05) is 19.7 Å². The lowest BCUT2D eigenvalue weighted by molar-refractivity contribution is -0.159. The van der Waals surface area contributed by atoms with Crippen LogP contribution in [-0.2, 0) is 4.74 Å². The van der Waals surface area contributed by atoms with Crippen molar-refractivity contribution < 1.29 is 17.9 Å². The van der Waals surface area contributed by atoms with Crippen LogP contribution >= 0.6 is 0 Å². The van der Waals surface area contributed by atoms with Gasteiger partial charge in [-0.25, -0.2) is 0 Å². The molecule has 1 heterocycles. The van der Waals surface area contributed by atoms with Gasteiger partial charge in [-0.1, -0.05) is 0 Å². The molecule has 0 spiro atoms. The molecule has 0 radical (unpaired) electrons. The lowest BCUT2D eigenvalue weighted by Crippen LogP contribution is -2.44. The summed E-state index contributed by atoms with van der Waals surface area (Å²) in [4.78, 5) is 1.52. The third-order valence-corrected chi connectivity index (χ3v) is 2.80. The van der Waals surface area contributed by atoms with Crippen LogP contribution in [0.25, 0.3) is 0 Å². The fourth-order valence-corrected chi connectivity index (χ4v) is 1.90. The van der Waals surface area contributed by atoms with E-state index in [0.29, 0.717) is 13.2 Å². The van der Waals surface area contributed by atoms with E-state index in [9.17, 15) is 13.2 Å². The van der Waals surface area contributed by atoms with Crippen LogP contribution in [0.3, 0.4) is 0 Å². The highest BCUT2D eigenvalue weighted by Crippen LogP contribution is 2.27. The van der Waals surface area contributed by atoms with Gasteiger partial charge in [0.2, 0.25) is 0 Å². The van der Waals surface area contributed by atoms with Crippen molar-refractivity contribution in [1.29, 1.82) is 5.41 Å². The van der Waals surface area contributed by atoms with Gasteiger partial charge in [0.05, 0.1) is 6.10 Å². The lowest BCUT2D eigenvalue weighted by Gasteiger charge is -2.26. The maximum Gasteiger partial charge on any atom is 0.399 e. The number of likely N-dealkylation sites (N-methyl/N-ethyl adjacent to an activating group) is 1. The molecule has 100 valence electrons. The number of halogens is 3. The zero-order valence-corrected chi connectivity index (χ0v) is 9.76. The molecule has 1 aliphatic heterocycles. The monoisotopic (exact) mass is 253 g/mol. The summed E-state index contributed by atoms with van der Waals surface area (Å²) in [6.45, 7) is 0.826. The molecular weight excluding hydrogens is 235 g/mol. The molecule has 3 N–H and O–H groups in total. The maximum absolute atomic E-state index is 12.6.